The van der Waals surface area contributed by atoms with E-state index in [9.17, 15) is 18.3 Å². The molecule has 1 aliphatic rings. The van der Waals surface area contributed by atoms with Crippen molar-refractivity contribution in [3.05, 3.63) is 77.1 Å². The molecule has 4 rings (SSSR count). The van der Waals surface area contributed by atoms with Crippen molar-refractivity contribution in [2.24, 2.45) is 0 Å². The number of hydrogen-bond donors (Lipinski definition) is 1. The van der Waals surface area contributed by atoms with E-state index in [4.69, 9.17) is 4.74 Å². The number of phenols is 1. The maximum absolute atomic E-state index is 13.2. The maximum Gasteiger partial charge on any atom is 0.416 e. The average Bonchev–Trinajstić information content (AvgIpc) is 2.65. The van der Waals surface area contributed by atoms with Gasteiger partial charge in [0.15, 0.2) is 0 Å². The minimum atomic E-state index is -4.46. The molecule has 1 aliphatic heterocycles. The third kappa shape index (κ3) is 3.52. The Hall–Kier alpha value is -3.46. The van der Waals surface area contributed by atoms with Gasteiger partial charge in [0.1, 0.15) is 17.1 Å². The molecule has 1 N–H and O–H groups in total. The van der Waals surface area contributed by atoms with Crippen LogP contribution in [0.25, 0.3) is 11.1 Å². The van der Waals surface area contributed by atoms with Crippen molar-refractivity contribution in [2.45, 2.75) is 25.6 Å². The number of hydrogen-bond acceptors (Lipinski definition) is 3. The standard InChI is InChI=1S/C23H16F3NO2/c1-22(2)18-12-16(23(24,25)26)7-8-17(18)21-19(28)10-15(11-20(21)29-22)6-5-14-4-3-9-27-13-14/h3-4,7-13,28H,1-2H3. The van der Waals surface area contributed by atoms with Gasteiger partial charge in [-0.2, -0.15) is 13.2 Å². The quantitative estimate of drug-likeness (QED) is 0.511. The summed E-state index contributed by atoms with van der Waals surface area (Å²) in [6, 6.07) is 10.2. The van der Waals surface area contributed by atoms with Crippen LogP contribution in [0.15, 0.2) is 54.9 Å². The minimum absolute atomic E-state index is 0.102. The summed E-state index contributed by atoms with van der Waals surface area (Å²) in [6.45, 7) is 3.39. The molecule has 0 radical (unpaired) electrons. The van der Waals surface area contributed by atoms with Gasteiger partial charge in [-0.25, -0.2) is 0 Å². The van der Waals surface area contributed by atoms with Gasteiger partial charge in [0.05, 0.1) is 11.1 Å². The molecule has 3 aromatic rings. The second-order valence-electron chi connectivity index (χ2n) is 7.23. The number of halogens is 3. The van der Waals surface area contributed by atoms with E-state index >= 15 is 0 Å². The number of ether oxygens (including phenoxy) is 1. The summed E-state index contributed by atoms with van der Waals surface area (Å²) < 4.78 is 45.4. The molecule has 0 aliphatic carbocycles. The molecular formula is C23H16F3NO2. The summed E-state index contributed by atoms with van der Waals surface area (Å²) in [6.07, 6.45) is -1.19. The van der Waals surface area contributed by atoms with E-state index in [1.165, 1.54) is 12.1 Å². The van der Waals surface area contributed by atoms with Crippen LogP contribution in [0.2, 0.25) is 0 Å². The Morgan fingerprint density at radius 3 is 2.48 bits per heavy atom. The molecule has 0 atom stereocenters. The molecule has 0 fully saturated rings. The molecular weight excluding hydrogens is 379 g/mol. The number of benzene rings is 2. The molecule has 0 spiro atoms. The van der Waals surface area contributed by atoms with E-state index in [-0.39, 0.29) is 5.75 Å². The van der Waals surface area contributed by atoms with Gasteiger partial charge in [-0.15, -0.1) is 0 Å². The number of alkyl halides is 3. The van der Waals surface area contributed by atoms with Crippen LogP contribution in [0.4, 0.5) is 13.2 Å². The zero-order chi connectivity index (χ0) is 20.8. The number of fused-ring (bicyclic) bond motifs is 3. The summed E-state index contributed by atoms with van der Waals surface area (Å²) >= 11 is 0. The van der Waals surface area contributed by atoms with E-state index in [1.54, 1.807) is 38.4 Å². The van der Waals surface area contributed by atoms with Gasteiger partial charge in [-0.3, -0.25) is 4.98 Å². The zero-order valence-corrected chi connectivity index (χ0v) is 15.6. The fourth-order valence-corrected chi connectivity index (χ4v) is 3.37. The lowest BCUT2D eigenvalue weighted by Crippen LogP contribution is -2.30. The van der Waals surface area contributed by atoms with Gasteiger partial charge >= 0.3 is 6.18 Å². The molecule has 2 aromatic carbocycles. The largest absolute Gasteiger partial charge is 0.507 e. The molecule has 0 unspecified atom stereocenters. The van der Waals surface area contributed by atoms with Gasteiger partial charge in [0.2, 0.25) is 0 Å². The van der Waals surface area contributed by atoms with Crippen molar-refractivity contribution >= 4 is 0 Å². The number of phenolic OH excluding ortho intramolecular Hbond substituents is 1. The lowest BCUT2D eigenvalue weighted by molar-refractivity contribution is -0.137. The second-order valence-corrected chi connectivity index (χ2v) is 7.23. The number of aromatic hydroxyl groups is 1. The van der Waals surface area contributed by atoms with Crippen LogP contribution >= 0.6 is 0 Å². The lowest BCUT2D eigenvalue weighted by Gasteiger charge is -2.35. The predicted octanol–water partition coefficient (Wildman–Crippen LogP) is 5.50. The first-order valence-electron chi connectivity index (χ1n) is 8.85. The highest BCUT2D eigenvalue weighted by molar-refractivity contribution is 5.82. The summed E-state index contributed by atoms with van der Waals surface area (Å²) in [5.74, 6) is 6.18. The predicted molar refractivity (Wildman–Crippen MR) is 102 cm³/mol. The lowest BCUT2D eigenvalue weighted by atomic mass is 9.84. The van der Waals surface area contributed by atoms with Gasteiger partial charge in [-0.1, -0.05) is 17.9 Å². The molecule has 1 aromatic heterocycles. The highest BCUT2D eigenvalue weighted by atomic mass is 19.4. The smallest absolute Gasteiger partial charge is 0.416 e. The Morgan fingerprint density at radius 2 is 1.79 bits per heavy atom. The van der Waals surface area contributed by atoms with E-state index in [0.29, 0.717) is 28.0 Å². The summed E-state index contributed by atoms with van der Waals surface area (Å²) in [7, 11) is 0. The van der Waals surface area contributed by atoms with Crippen LogP contribution in [0.5, 0.6) is 11.5 Å². The minimum Gasteiger partial charge on any atom is -0.507 e. The van der Waals surface area contributed by atoms with Gasteiger partial charge in [0.25, 0.3) is 0 Å². The Labute approximate surface area is 165 Å². The summed E-state index contributed by atoms with van der Waals surface area (Å²) in [5, 5.41) is 10.6. The van der Waals surface area contributed by atoms with Crippen molar-refractivity contribution < 1.29 is 23.0 Å². The molecule has 0 amide bonds. The van der Waals surface area contributed by atoms with Crippen LogP contribution < -0.4 is 4.74 Å². The number of pyridine rings is 1. The molecule has 0 bridgehead atoms. The molecule has 6 heteroatoms. The average molecular weight is 395 g/mol. The van der Waals surface area contributed by atoms with E-state index in [2.05, 4.69) is 16.8 Å². The number of nitrogens with zero attached hydrogens (tertiary/aromatic N) is 1. The first kappa shape index (κ1) is 18.9. The summed E-state index contributed by atoms with van der Waals surface area (Å²) in [4.78, 5) is 4.00. The second kappa shape index (κ2) is 6.56. The molecule has 3 nitrogen and oxygen atoms in total. The van der Waals surface area contributed by atoms with Crippen molar-refractivity contribution in [3.8, 4) is 34.5 Å². The third-order valence-corrected chi connectivity index (χ3v) is 4.72. The van der Waals surface area contributed by atoms with E-state index in [0.717, 1.165) is 17.7 Å². The highest BCUT2D eigenvalue weighted by Gasteiger charge is 2.38. The fourth-order valence-electron chi connectivity index (χ4n) is 3.37. The summed E-state index contributed by atoms with van der Waals surface area (Å²) in [5.41, 5.74) is 0.714. The fraction of sp³-hybridized carbons (Fsp3) is 0.174. The molecule has 0 saturated carbocycles. The van der Waals surface area contributed by atoms with Gasteiger partial charge < -0.3 is 9.84 Å². The number of aromatic nitrogens is 1. The Kier molecular flexibility index (Phi) is 4.27. The monoisotopic (exact) mass is 395 g/mol. The zero-order valence-electron chi connectivity index (χ0n) is 15.6. The number of rotatable bonds is 0. The normalized spacial score (nSPS) is 14.1. The molecule has 2 heterocycles. The first-order chi connectivity index (χ1) is 13.6. The third-order valence-electron chi connectivity index (χ3n) is 4.72. The Balaban J connectivity index is 1.83. The van der Waals surface area contributed by atoms with Crippen LogP contribution in [-0.4, -0.2) is 10.1 Å². The molecule has 0 saturated heterocycles. The van der Waals surface area contributed by atoms with Crippen LogP contribution in [-0.2, 0) is 11.8 Å². The van der Waals surface area contributed by atoms with Crippen LogP contribution in [0.1, 0.15) is 36.1 Å². The Morgan fingerprint density at radius 1 is 1.03 bits per heavy atom. The highest BCUT2D eigenvalue weighted by Crippen LogP contribution is 2.50. The Bertz CT molecular complexity index is 1160. The first-order valence-corrected chi connectivity index (χ1v) is 8.85. The maximum atomic E-state index is 13.2. The van der Waals surface area contributed by atoms with Crippen LogP contribution in [0.3, 0.4) is 0 Å². The van der Waals surface area contributed by atoms with Crippen molar-refractivity contribution in [1.29, 1.82) is 0 Å². The molecule has 29 heavy (non-hydrogen) atoms. The van der Waals surface area contributed by atoms with E-state index < -0.39 is 17.3 Å². The SMILES string of the molecule is CC1(C)Oc2cc(C#Cc3cccnc3)cc(O)c2-c2ccc(C(F)(F)F)cc21. The van der Waals surface area contributed by atoms with Crippen molar-refractivity contribution in [2.75, 3.05) is 0 Å². The molecule has 146 valence electrons. The van der Waals surface area contributed by atoms with Gasteiger partial charge in [-0.05, 0) is 55.8 Å². The van der Waals surface area contributed by atoms with Crippen molar-refractivity contribution in [3.63, 3.8) is 0 Å². The van der Waals surface area contributed by atoms with Crippen LogP contribution in [0, 0.1) is 11.8 Å². The van der Waals surface area contributed by atoms with Gasteiger partial charge in [0, 0.05) is 29.1 Å². The van der Waals surface area contributed by atoms with Crippen molar-refractivity contribution in [1.82, 2.24) is 4.98 Å². The topological polar surface area (TPSA) is 42.4 Å². The van der Waals surface area contributed by atoms with E-state index in [1.807, 2.05) is 6.07 Å².